The highest BCUT2D eigenvalue weighted by atomic mass is 16.4. The first-order valence-corrected chi connectivity index (χ1v) is 38.4. The van der Waals surface area contributed by atoms with Crippen LogP contribution in [0.2, 0.25) is 0 Å². The fourth-order valence-corrected chi connectivity index (χ4v) is 12.7. The minimum Gasteiger partial charge on any atom is -0.508 e. The molecule has 9 amide bonds. The Kier molecular flexibility index (Phi) is 37.6. The molecule has 0 saturated carbocycles. The quantitative estimate of drug-likeness (QED) is 0.00987. The molecule has 4 aromatic rings. The third-order valence-electron chi connectivity index (χ3n) is 20.3. The number of nitrogens with zero attached hydrogens (tertiary/aromatic N) is 5. The number of oxime groups is 2. The SMILES string of the molecule is CCC(C)[C@H](NC(=O)[C@H](Cc1ccc(O)cc1)NC(=O)[C@@H](NC(=O)[C@H](CCCNC(=N)N)NC(=O)CNCCC(CCNC(C)(C)/C(C)=N\O)CCNC(C)(C)/C(C)=N\O)C(C)C)C(=O)N[C@@H](Cc1cnc[nH]1)C(=O)N1CCC[C@H]1C(=O)N[C@@H](Cc1ccccc1)C(=O)N[C@@H](Cc1cnc[nH]1)C(=O)N[C@@H](CC(C)C)C(=O)O. The third kappa shape index (κ3) is 30.6. The van der Waals surface area contributed by atoms with Crippen LogP contribution in [-0.2, 0) is 73.6 Å². The van der Waals surface area contributed by atoms with Crippen LogP contribution in [0.3, 0.4) is 0 Å². The molecule has 1 aliphatic heterocycles. The lowest BCUT2D eigenvalue weighted by Crippen LogP contribution is -2.62. The first kappa shape index (κ1) is 92.1. The van der Waals surface area contributed by atoms with Crippen molar-refractivity contribution >= 4 is 76.5 Å². The molecule has 2 aromatic heterocycles. The van der Waals surface area contributed by atoms with Gasteiger partial charge in [0.2, 0.25) is 53.2 Å². The van der Waals surface area contributed by atoms with Crippen molar-refractivity contribution < 1.29 is 68.6 Å². The zero-order valence-corrected chi connectivity index (χ0v) is 66.6. The molecule has 35 heteroatoms. The van der Waals surface area contributed by atoms with Gasteiger partial charge in [-0.1, -0.05) is 101 Å². The van der Waals surface area contributed by atoms with Crippen molar-refractivity contribution in [2.75, 3.05) is 39.3 Å². The van der Waals surface area contributed by atoms with E-state index in [9.17, 15) is 54.2 Å². The first-order valence-electron chi connectivity index (χ1n) is 38.4. The van der Waals surface area contributed by atoms with Crippen LogP contribution in [0.25, 0.3) is 0 Å². The Bertz CT molecular complexity index is 3710. The van der Waals surface area contributed by atoms with Gasteiger partial charge in [0.25, 0.3) is 0 Å². The van der Waals surface area contributed by atoms with Crippen molar-refractivity contribution in [1.82, 2.24) is 88.6 Å². The molecule has 1 aliphatic rings. The summed E-state index contributed by atoms with van der Waals surface area (Å²) in [5, 5.41) is 88.6. The molecule has 2 aromatic carbocycles. The summed E-state index contributed by atoms with van der Waals surface area (Å²) in [6.07, 6.45) is 8.42. The number of rotatable bonds is 49. The molecular formula is C77H121N21O14. The molecule has 1 fully saturated rings. The number of carboxylic acids is 1. The van der Waals surface area contributed by atoms with Gasteiger partial charge in [-0.15, -0.1) is 0 Å². The fourth-order valence-electron chi connectivity index (χ4n) is 12.7. The number of carboxylic acid groups (broad SMARTS) is 1. The minimum atomic E-state index is -1.45. The van der Waals surface area contributed by atoms with Crippen molar-refractivity contribution in [2.45, 2.75) is 232 Å². The van der Waals surface area contributed by atoms with Gasteiger partial charge in [0.15, 0.2) is 5.96 Å². The predicted octanol–water partition coefficient (Wildman–Crippen LogP) is 1.89. The van der Waals surface area contributed by atoms with E-state index in [-0.39, 0.29) is 94.5 Å². The monoisotopic (exact) mass is 1560 g/mol. The maximum atomic E-state index is 15.2. The molecule has 618 valence electrons. The van der Waals surface area contributed by atoms with Gasteiger partial charge in [0, 0.05) is 62.6 Å². The average Bonchev–Trinajstić information content (AvgIpc) is 1.66. The number of aromatic amines is 2. The summed E-state index contributed by atoms with van der Waals surface area (Å²) in [6.45, 7) is 23.2. The minimum absolute atomic E-state index is 0.0430. The zero-order valence-electron chi connectivity index (χ0n) is 66.6. The number of imidazole rings is 2. The van der Waals surface area contributed by atoms with Gasteiger partial charge in [-0.2, -0.15) is 0 Å². The number of likely N-dealkylation sites (tertiary alicyclic amines) is 1. The molecule has 10 atom stereocenters. The molecule has 0 spiro atoms. The largest absolute Gasteiger partial charge is 0.508 e. The molecule has 1 unspecified atom stereocenters. The number of aliphatic carboxylic acids is 1. The van der Waals surface area contributed by atoms with E-state index < -0.39 is 136 Å². The van der Waals surface area contributed by atoms with Crippen molar-refractivity contribution in [2.24, 2.45) is 39.7 Å². The molecule has 1 saturated heterocycles. The van der Waals surface area contributed by atoms with Crippen molar-refractivity contribution in [3.63, 3.8) is 0 Å². The second-order valence-corrected chi connectivity index (χ2v) is 30.7. The summed E-state index contributed by atoms with van der Waals surface area (Å²) < 4.78 is 0. The normalized spacial score (nSPS) is 15.8. The van der Waals surface area contributed by atoms with Crippen LogP contribution in [-0.4, -0.2) is 227 Å². The van der Waals surface area contributed by atoms with E-state index in [0.29, 0.717) is 72.8 Å². The average molecular weight is 1560 g/mol. The Morgan fingerprint density at radius 1 is 0.607 bits per heavy atom. The lowest BCUT2D eigenvalue weighted by molar-refractivity contribution is -0.143. The number of nitrogens with one attached hydrogen (secondary N) is 15. The molecule has 0 radical (unpaired) electrons. The van der Waals surface area contributed by atoms with Crippen LogP contribution in [0.1, 0.15) is 163 Å². The van der Waals surface area contributed by atoms with Gasteiger partial charge < -0.3 is 105 Å². The van der Waals surface area contributed by atoms with E-state index in [1.165, 1.54) is 42.1 Å². The number of nitrogens with two attached hydrogens (primary N) is 1. The molecular weight excluding hydrogens is 1440 g/mol. The van der Waals surface area contributed by atoms with Crippen LogP contribution in [0.15, 0.2) is 90.0 Å². The number of phenolic OH excluding ortho intramolecular Hbond substituents is 1. The number of benzene rings is 2. The number of aromatic nitrogens is 4. The van der Waals surface area contributed by atoms with Crippen molar-refractivity contribution in [3.05, 3.63) is 102 Å². The molecule has 21 N–H and O–H groups in total. The number of hydrogen-bond donors (Lipinski definition) is 20. The number of hydrogen-bond acceptors (Lipinski definition) is 21. The van der Waals surface area contributed by atoms with Gasteiger partial charge >= 0.3 is 5.97 Å². The lowest BCUT2D eigenvalue weighted by atomic mass is 9.94. The molecule has 0 aliphatic carbocycles. The summed E-state index contributed by atoms with van der Waals surface area (Å²) in [6, 6.07) is 2.74. The van der Waals surface area contributed by atoms with Gasteiger partial charge in [0.1, 0.15) is 60.1 Å². The van der Waals surface area contributed by atoms with Crippen LogP contribution >= 0.6 is 0 Å². The molecule has 35 nitrogen and oxygen atoms in total. The zero-order chi connectivity index (χ0) is 82.8. The molecule has 0 bridgehead atoms. The van der Waals surface area contributed by atoms with E-state index in [2.05, 4.69) is 94.0 Å². The number of carbonyl (C=O) groups excluding carboxylic acids is 9. The summed E-state index contributed by atoms with van der Waals surface area (Å²) in [7, 11) is 0. The number of H-pyrrole nitrogens is 2. The Morgan fingerprint density at radius 3 is 1.62 bits per heavy atom. The fraction of sp³-hybridized carbons (Fsp3) is 0.597. The number of amides is 9. The number of aromatic hydroxyl groups is 1. The van der Waals surface area contributed by atoms with E-state index >= 15 is 14.4 Å². The molecule has 5 rings (SSSR count). The standard InChI is InChI=1S/C77H121N21O14/c1-13-47(6)65(72(107)92-60(39-54-41-82-44-85-54)73(108)98-34-18-22-62(98)70(105)90-57(36-51-19-15-14-16-20-51)67(102)89-59(38-53-40-81-43-84-53)68(103)93-61(74(109)110)35-45(2)3)95-69(104)58(37-52-23-25-55(99)26-24-52)91-71(106)64(46(4)5)94-66(101)56(21-17-30-83-75(78)79)88-63(100)42-80-31-27-50(28-32-86-76(9,10)48(7)96-111)29-33-87-77(11,12)49(8)97-112/h14-16,19-20,23-26,40-41,43-47,50,56-62,64-65,80,86-87,99,111-112H,13,17-18,21-22,27-39,42H2,1-12H3,(H,81,84)(H,82,85)(H,88,100)(H,89,102)(H,90,105)(H,91,106)(H,92,107)(H,93,103)(H,94,101)(H,95,104)(H,109,110)(H4,78,79,83)/b96-48-,97-49-/t47?,56-,57-,58-,59-,60-,61-,62-,64-,65-/m0/s1. The Labute approximate surface area is 655 Å². The highest BCUT2D eigenvalue weighted by molar-refractivity contribution is 5.99. The summed E-state index contributed by atoms with van der Waals surface area (Å²) in [5.74, 6) is -9.56. The van der Waals surface area contributed by atoms with Crippen LogP contribution in [0.4, 0.5) is 0 Å². The highest BCUT2D eigenvalue weighted by Crippen LogP contribution is 2.23. The topological polar surface area (TPSA) is 531 Å². The summed E-state index contributed by atoms with van der Waals surface area (Å²) >= 11 is 0. The summed E-state index contributed by atoms with van der Waals surface area (Å²) in [4.78, 5) is 160. The second-order valence-electron chi connectivity index (χ2n) is 30.7. The highest BCUT2D eigenvalue weighted by Gasteiger charge is 2.42. The van der Waals surface area contributed by atoms with Crippen LogP contribution in [0.5, 0.6) is 5.75 Å². The maximum absolute atomic E-state index is 15.2. The lowest BCUT2D eigenvalue weighted by Gasteiger charge is -2.32. The van der Waals surface area contributed by atoms with Crippen LogP contribution < -0.4 is 69.5 Å². The number of phenols is 1. The Morgan fingerprint density at radius 2 is 1.10 bits per heavy atom. The van der Waals surface area contributed by atoms with Gasteiger partial charge in [0.05, 0.1) is 41.7 Å². The van der Waals surface area contributed by atoms with E-state index in [1.807, 2.05) is 27.7 Å². The first-order chi connectivity index (χ1) is 53.1. The Hall–Kier alpha value is -10.6. The number of carbonyl (C=O) groups is 10. The summed E-state index contributed by atoms with van der Waals surface area (Å²) in [5.41, 5.74) is 7.42. The van der Waals surface area contributed by atoms with E-state index in [4.69, 9.17) is 11.1 Å². The van der Waals surface area contributed by atoms with Gasteiger partial charge in [-0.05, 0) is 159 Å². The Balaban J connectivity index is 1.36. The van der Waals surface area contributed by atoms with Crippen molar-refractivity contribution in [1.29, 1.82) is 5.41 Å². The molecule has 112 heavy (non-hydrogen) atoms. The maximum Gasteiger partial charge on any atom is 0.326 e. The predicted molar refractivity (Wildman–Crippen MR) is 421 cm³/mol. The van der Waals surface area contributed by atoms with E-state index in [0.717, 1.165) is 12.8 Å². The van der Waals surface area contributed by atoms with Gasteiger partial charge in [-0.3, -0.25) is 48.6 Å². The smallest absolute Gasteiger partial charge is 0.326 e. The third-order valence-corrected chi connectivity index (χ3v) is 20.3. The van der Waals surface area contributed by atoms with Crippen LogP contribution in [0, 0.1) is 29.1 Å². The van der Waals surface area contributed by atoms with Crippen molar-refractivity contribution in [3.8, 4) is 5.75 Å². The second kappa shape index (κ2) is 45.7. The molecule has 3 heterocycles. The van der Waals surface area contributed by atoms with Gasteiger partial charge in [-0.25, -0.2) is 14.8 Å². The van der Waals surface area contributed by atoms with E-state index in [1.54, 1.807) is 97.9 Å². The number of guanidine groups is 1.